The fraction of sp³-hybridized carbons (Fsp3) is 0.471. The van der Waals surface area contributed by atoms with Crippen LogP contribution in [0.5, 0.6) is 0 Å². The minimum Gasteiger partial charge on any atom is -0.374 e. The maximum absolute atomic E-state index is 11.4. The lowest BCUT2D eigenvalue weighted by Gasteiger charge is -2.16. The summed E-state index contributed by atoms with van der Waals surface area (Å²) in [6.45, 7) is 9.64. The average Bonchev–Trinajstić information content (AvgIpc) is 2.97. The predicted molar refractivity (Wildman–Crippen MR) is 90.6 cm³/mol. The van der Waals surface area contributed by atoms with Gasteiger partial charge in [0, 0.05) is 30.8 Å². The van der Waals surface area contributed by atoms with Crippen molar-refractivity contribution in [2.45, 2.75) is 46.1 Å². The quantitative estimate of drug-likeness (QED) is 0.934. The molecular formula is C17H24N4O2. The maximum atomic E-state index is 11.4. The van der Waals surface area contributed by atoms with Gasteiger partial charge in [-0.2, -0.15) is 4.98 Å². The second kappa shape index (κ2) is 6.40. The van der Waals surface area contributed by atoms with Crippen LogP contribution in [-0.4, -0.2) is 23.1 Å². The van der Waals surface area contributed by atoms with E-state index in [4.69, 9.17) is 4.52 Å². The monoisotopic (exact) mass is 316 g/mol. The van der Waals surface area contributed by atoms with Crippen LogP contribution in [0.2, 0.25) is 0 Å². The molecule has 1 unspecified atom stereocenters. The Hall–Kier alpha value is -2.37. The van der Waals surface area contributed by atoms with Crippen molar-refractivity contribution in [1.29, 1.82) is 0 Å². The van der Waals surface area contributed by atoms with E-state index in [1.165, 1.54) is 6.92 Å². The molecule has 0 spiro atoms. The maximum Gasteiger partial charge on any atom is 0.248 e. The zero-order chi connectivity index (χ0) is 17.2. The number of carbonyl (C=O) groups excluding carboxylic acids is 1. The molecule has 6 heteroatoms. The van der Waals surface area contributed by atoms with Gasteiger partial charge < -0.3 is 14.7 Å². The molecule has 0 radical (unpaired) electrons. The van der Waals surface area contributed by atoms with Crippen molar-refractivity contribution in [3.05, 3.63) is 36.0 Å². The van der Waals surface area contributed by atoms with Crippen LogP contribution in [0.3, 0.4) is 0 Å². The number of amides is 1. The molecule has 23 heavy (non-hydrogen) atoms. The Labute approximate surface area is 136 Å². The number of carbonyl (C=O) groups is 1. The molecule has 1 aromatic heterocycles. The van der Waals surface area contributed by atoms with E-state index in [1.54, 1.807) is 11.9 Å². The molecule has 0 bridgehead atoms. The lowest BCUT2D eigenvalue weighted by Crippen LogP contribution is -2.22. The van der Waals surface area contributed by atoms with Crippen molar-refractivity contribution < 1.29 is 9.32 Å². The van der Waals surface area contributed by atoms with Gasteiger partial charge in [-0.25, -0.2) is 0 Å². The number of anilines is 2. The summed E-state index contributed by atoms with van der Waals surface area (Å²) in [7, 11) is 1.75. The van der Waals surface area contributed by atoms with Crippen molar-refractivity contribution >= 4 is 17.3 Å². The van der Waals surface area contributed by atoms with Gasteiger partial charge in [0.1, 0.15) is 6.04 Å². The van der Waals surface area contributed by atoms with Crippen LogP contribution in [0.1, 0.15) is 52.4 Å². The number of nitrogens with zero attached hydrogens (tertiary/aromatic N) is 3. The molecule has 1 aromatic carbocycles. The van der Waals surface area contributed by atoms with Crippen molar-refractivity contribution in [1.82, 2.24) is 10.1 Å². The van der Waals surface area contributed by atoms with E-state index in [-0.39, 0.29) is 17.4 Å². The Morgan fingerprint density at radius 1 is 1.26 bits per heavy atom. The molecule has 0 fully saturated rings. The van der Waals surface area contributed by atoms with E-state index in [2.05, 4.69) is 15.5 Å². The van der Waals surface area contributed by atoms with Crippen LogP contribution in [0.15, 0.2) is 28.8 Å². The van der Waals surface area contributed by atoms with Crippen molar-refractivity contribution in [3.63, 3.8) is 0 Å². The van der Waals surface area contributed by atoms with Gasteiger partial charge >= 0.3 is 0 Å². The first kappa shape index (κ1) is 17.0. The molecule has 0 aliphatic rings. The first-order valence-electron chi connectivity index (χ1n) is 7.63. The van der Waals surface area contributed by atoms with Gasteiger partial charge in [0.25, 0.3) is 0 Å². The van der Waals surface area contributed by atoms with Crippen LogP contribution >= 0.6 is 0 Å². The minimum atomic E-state index is -0.138. The normalized spacial score (nSPS) is 12.8. The van der Waals surface area contributed by atoms with Crippen molar-refractivity contribution in [2.75, 3.05) is 17.3 Å². The molecule has 0 saturated heterocycles. The van der Waals surface area contributed by atoms with Gasteiger partial charge in [0.15, 0.2) is 5.82 Å². The first-order valence-corrected chi connectivity index (χ1v) is 7.63. The molecule has 0 saturated carbocycles. The van der Waals surface area contributed by atoms with Gasteiger partial charge in [-0.1, -0.05) is 25.9 Å². The van der Waals surface area contributed by atoms with Crippen LogP contribution in [0.4, 0.5) is 11.4 Å². The molecule has 124 valence electrons. The topological polar surface area (TPSA) is 71.3 Å². The van der Waals surface area contributed by atoms with Crippen molar-refractivity contribution in [2.24, 2.45) is 0 Å². The zero-order valence-corrected chi connectivity index (χ0v) is 14.5. The molecule has 0 aliphatic carbocycles. The third-order valence-electron chi connectivity index (χ3n) is 3.59. The van der Waals surface area contributed by atoms with Gasteiger partial charge in [0.2, 0.25) is 11.8 Å². The highest BCUT2D eigenvalue weighted by atomic mass is 16.5. The zero-order valence-electron chi connectivity index (χ0n) is 14.5. The highest BCUT2D eigenvalue weighted by molar-refractivity contribution is 5.91. The van der Waals surface area contributed by atoms with Crippen molar-refractivity contribution in [3.8, 4) is 0 Å². The van der Waals surface area contributed by atoms with Crippen LogP contribution in [0, 0.1) is 0 Å². The summed E-state index contributed by atoms with van der Waals surface area (Å²) in [4.78, 5) is 17.4. The smallest absolute Gasteiger partial charge is 0.248 e. The Bertz CT molecular complexity index is 671. The second-order valence-electron chi connectivity index (χ2n) is 6.70. The molecule has 6 nitrogen and oxygen atoms in total. The molecule has 1 amide bonds. The summed E-state index contributed by atoms with van der Waals surface area (Å²) in [6.07, 6.45) is 0. The third kappa shape index (κ3) is 4.09. The molecule has 2 rings (SSSR count). The molecule has 2 aromatic rings. The van der Waals surface area contributed by atoms with Gasteiger partial charge in [-0.05, 0) is 31.2 Å². The number of rotatable bonds is 4. The third-order valence-corrected chi connectivity index (χ3v) is 3.59. The van der Waals surface area contributed by atoms with Crippen LogP contribution in [-0.2, 0) is 10.2 Å². The van der Waals surface area contributed by atoms with E-state index >= 15 is 0 Å². The summed E-state index contributed by atoms with van der Waals surface area (Å²) in [5, 5.41) is 7.36. The largest absolute Gasteiger partial charge is 0.374 e. The van der Waals surface area contributed by atoms with Gasteiger partial charge in [-0.15, -0.1) is 0 Å². The number of benzene rings is 1. The van der Waals surface area contributed by atoms with Crippen LogP contribution in [0.25, 0.3) is 0 Å². The predicted octanol–water partition coefficient (Wildman–Crippen LogP) is 3.52. The molecule has 1 atom stereocenters. The minimum absolute atomic E-state index is 0.000327. The fourth-order valence-corrected chi connectivity index (χ4v) is 1.99. The van der Waals surface area contributed by atoms with Gasteiger partial charge in [0.05, 0.1) is 0 Å². The summed E-state index contributed by atoms with van der Waals surface area (Å²) in [5.74, 6) is 1.25. The number of hydrogen-bond acceptors (Lipinski definition) is 5. The number of nitrogens with one attached hydrogen (secondary N) is 1. The lowest BCUT2D eigenvalue weighted by molar-refractivity contribution is -0.116. The van der Waals surface area contributed by atoms with E-state index in [9.17, 15) is 4.79 Å². The lowest BCUT2D eigenvalue weighted by atomic mass is 9.96. The summed E-state index contributed by atoms with van der Waals surface area (Å²) in [5.41, 5.74) is 1.64. The van der Waals surface area contributed by atoms with E-state index in [1.807, 2.05) is 52.0 Å². The number of hydrogen-bond donors (Lipinski definition) is 1. The molecule has 0 aliphatic heterocycles. The van der Waals surface area contributed by atoms with Gasteiger partial charge in [-0.3, -0.25) is 4.79 Å². The highest BCUT2D eigenvalue weighted by Gasteiger charge is 2.23. The Morgan fingerprint density at radius 2 is 1.87 bits per heavy atom. The first-order chi connectivity index (χ1) is 10.7. The average molecular weight is 316 g/mol. The molecule has 1 heterocycles. The van der Waals surface area contributed by atoms with E-state index in [0.29, 0.717) is 11.7 Å². The SMILES string of the molecule is CC(=O)N(C)c1ccc(NC(C)c2nc(C(C)(C)C)no2)cc1. The number of aromatic nitrogens is 2. The molecular weight excluding hydrogens is 292 g/mol. The highest BCUT2D eigenvalue weighted by Crippen LogP contribution is 2.24. The van der Waals surface area contributed by atoms with Crippen LogP contribution < -0.4 is 10.2 Å². The van der Waals surface area contributed by atoms with E-state index < -0.39 is 0 Å². The standard InChI is InChI=1S/C17H24N4O2/c1-11(15-19-16(20-23-15)17(3,4)5)18-13-7-9-14(10-8-13)21(6)12(2)22/h7-11,18H,1-6H3. The Kier molecular flexibility index (Phi) is 4.73. The summed E-state index contributed by atoms with van der Waals surface area (Å²) in [6, 6.07) is 7.53. The summed E-state index contributed by atoms with van der Waals surface area (Å²) < 4.78 is 5.34. The Morgan fingerprint density at radius 3 is 2.35 bits per heavy atom. The second-order valence-corrected chi connectivity index (χ2v) is 6.70. The Balaban J connectivity index is 2.07. The molecule has 1 N–H and O–H groups in total. The fourth-order valence-electron chi connectivity index (χ4n) is 1.99. The van der Waals surface area contributed by atoms with E-state index in [0.717, 1.165) is 11.4 Å². The summed E-state index contributed by atoms with van der Waals surface area (Å²) >= 11 is 0.